The van der Waals surface area contributed by atoms with E-state index >= 15 is 0 Å². The van der Waals surface area contributed by atoms with Crippen LogP contribution in [0.2, 0.25) is 0 Å². The van der Waals surface area contributed by atoms with Crippen LogP contribution in [0.1, 0.15) is 11.1 Å². The van der Waals surface area contributed by atoms with Gasteiger partial charge in [-0.1, -0.05) is 0 Å². The van der Waals surface area contributed by atoms with E-state index in [2.05, 4.69) is 45.5 Å². The van der Waals surface area contributed by atoms with Crippen molar-refractivity contribution < 1.29 is 0 Å². The molecule has 0 heterocycles. The minimum atomic E-state index is 0.823. The molecule has 10 heavy (non-hydrogen) atoms. The van der Waals surface area contributed by atoms with Gasteiger partial charge < -0.3 is 0 Å². The summed E-state index contributed by atoms with van der Waals surface area (Å²) in [7, 11) is 3.91. The Morgan fingerprint density at radius 1 is 1.30 bits per heavy atom. The Morgan fingerprint density at radius 3 is 2.40 bits per heavy atom. The predicted molar refractivity (Wildman–Crippen MR) is 45.7 cm³/mol. The van der Waals surface area contributed by atoms with Crippen LogP contribution in [-0.2, 0) is 6.42 Å². The number of rotatable bonds is 1. The zero-order valence-corrected chi connectivity index (χ0v) is 6.86. The average molecular weight is 148 g/mol. The number of benzene rings is 1. The van der Waals surface area contributed by atoms with E-state index in [1.807, 2.05) is 0 Å². The molecule has 0 aromatic heterocycles. The molecule has 0 nitrogen and oxygen atoms in total. The van der Waals surface area contributed by atoms with Crippen LogP contribution >= 0.6 is 8.70 Å². The van der Waals surface area contributed by atoms with E-state index in [-0.39, 0.29) is 0 Å². The van der Waals surface area contributed by atoms with E-state index in [9.17, 15) is 0 Å². The van der Waals surface area contributed by atoms with E-state index in [0.717, 1.165) is 6.42 Å². The van der Waals surface area contributed by atoms with Gasteiger partial charge in [0.2, 0.25) is 0 Å². The summed E-state index contributed by atoms with van der Waals surface area (Å²) >= 11 is 0. The molecule has 0 unspecified atom stereocenters. The van der Waals surface area contributed by atoms with Crippen molar-refractivity contribution in [2.45, 2.75) is 13.3 Å². The Morgan fingerprint density at radius 2 is 1.90 bits per heavy atom. The van der Waals surface area contributed by atoms with Crippen LogP contribution in [0.15, 0.2) is 24.3 Å². The molecule has 1 aromatic carbocycles. The molecule has 0 spiro atoms. The molecule has 0 radical (unpaired) electrons. The van der Waals surface area contributed by atoms with Crippen LogP contribution < -0.4 is 0 Å². The molecule has 1 heteroatoms. The van der Waals surface area contributed by atoms with Gasteiger partial charge in [-0.25, -0.2) is 0 Å². The Balaban J connectivity index is 2.81. The average Bonchev–Trinajstić information content (AvgIpc) is 1.95. The number of aryl methyl sites for hydroxylation is 1. The van der Waals surface area contributed by atoms with Gasteiger partial charge in [0.15, 0.2) is 0 Å². The molecule has 0 aliphatic heterocycles. The molecule has 0 aliphatic rings. The summed E-state index contributed by atoms with van der Waals surface area (Å²) in [4.78, 5) is 0. The van der Waals surface area contributed by atoms with Gasteiger partial charge >= 0.3 is 63.1 Å². The van der Waals surface area contributed by atoms with Gasteiger partial charge in [0.25, 0.3) is 0 Å². The Hall–Kier alpha value is -0.570. The summed E-state index contributed by atoms with van der Waals surface area (Å²) in [5.41, 5.74) is 5.36. The molecule has 1 aromatic rings. The summed E-state index contributed by atoms with van der Waals surface area (Å²) in [6.45, 7) is 2.08. The Labute approximate surface area is 63.8 Å². The fourth-order valence-corrected chi connectivity index (χ4v) is 0.980. The molecule has 1 rings (SSSR count). The van der Waals surface area contributed by atoms with Crippen molar-refractivity contribution in [3.63, 3.8) is 0 Å². The predicted octanol–water partition coefficient (Wildman–Crippen LogP) is 2.91. The third-order valence-electron chi connectivity index (χ3n) is 1.40. The second-order valence-electron chi connectivity index (χ2n) is 2.32. The number of hydrogen-bond acceptors (Lipinski definition) is 0. The monoisotopic (exact) mass is 148 g/mol. The second kappa shape index (κ2) is 3.56. The summed E-state index contributed by atoms with van der Waals surface area (Å²) < 4.78 is 0. The molecule has 50 valence electrons. The third-order valence-corrected chi connectivity index (χ3v) is 1.56. The first-order valence-corrected chi connectivity index (χ1v) is 3.70. The van der Waals surface area contributed by atoms with Gasteiger partial charge in [0.05, 0.1) is 0 Å². The van der Waals surface area contributed by atoms with Crippen molar-refractivity contribution in [3.8, 4) is 5.63 Å². The van der Waals surface area contributed by atoms with Crippen molar-refractivity contribution in [1.29, 1.82) is 0 Å². The van der Waals surface area contributed by atoms with Crippen LogP contribution in [0.5, 0.6) is 0 Å². The van der Waals surface area contributed by atoms with E-state index in [1.54, 1.807) is 0 Å². The van der Waals surface area contributed by atoms with E-state index in [1.165, 1.54) is 11.1 Å². The molecular weight excluding hydrogens is 139 g/mol. The van der Waals surface area contributed by atoms with Gasteiger partial charge in [0.1, 0.15) is 0 Å². The minimum absolute atomic E-state index is 0.823. The molecule has 0 saturated carbocycles. The third kappa shape index (κ3) is 1.99. The van der Waals surface area contributed by atoms with Gasteiger partial charge in [0, 0.05) is 0 Å². The summed E-state index contributed by atoms with van der Waals surface area (Å²) in [5, 5.41) is 0. The molecule has 0 bridgehead atoms. The summed E-state index contributed by atoms with van der Waals surface area (Å²) in [6.07, 6.45) is 0.823. The van der Waals surface area contributed by atoms with Gasteiger partial charge in [-0.15, -0.1) is 0 Å². The van der Waals surface area contributed by atoms with Crippen molar-refractivity contribution in [2.75, 3.05) is 0 Å². The zero-order chi connectivity index (χ0) is 7.40. The molecule has 0 saturated heterocycles. The molecular formula is C9H9P. The van der Waals surface area contributed by atoms with Crippen molar-refractivity contribution >= 4 is 8.70 Å². The Bertz CT molecular complexity index is 240. The molecule has 0 fully saturated rings. The molecule has 0 aliphatic carbocycles. The molecule has 0 amide bonds. The zero-order valence-electron chi connectivity index (χ0n) is 5.96. The van der Waals surface area contributed by atoms with Crippen LogP contribution in [0.3, 0.4) is 0 Å². The second-order valence-corrected chi connectivity index (χ2v) is 2.64. The van der Waals surface area contributed by atoms with Gasteiger partial charge in [-0.2, -0.15) is 0 Å². The molecule has 0 atom stereocenters. The van der Waals surface area contributed by atoms with E-state index in [4.69, 9.17) is 0 Å². The fraction of sp³-hybridized carbons (Fsp3) is 0.222. The van der Waals surface area contributed by atoms with Crippen LogP contribution in [0, 0.1) is 12.6 Å². The van der Waals surface area contributed by atoms with Crippen LogP contribution in [-0.4, -0.2) is 0 Å². The van der Waals surface area contributed by atoms with Crippen LogP contribution in [0.4, 0.5) is 0 Å². The maximum atomic E-state index is 3.91. The van der Waals surface area contributed by atoms with Crippen LogP contribution in [0.25, 0.3) is 0 Å². The van der Waals surface area contributed by atoms with Gasteiger partial charge in [-0.3, -0.25) is 0 Å². The normalized spacial score (nSPS) is 8.80. The number of hydrogen-bond donors (Lipinski definition) is 0. The fourth-order valence-electron chi connectivity index (χ4n) is 0.797. The first kappa shape index (κ1) is 7.54. The van der Waals surface area contributed by atoms with Crippen molar-refractivity contribution in [3.05, 3.63) is 35.4 Å². The topological polar surface area (TPSA) is 0 Å². The quantitative estimate of drug-likeness (QED) is 0.537. The first-order chi connectivity index (χ1) is 4.83. The Kier molecular flexibility index (Phi) is 2.68. The van der Waals surface area contributed by atoms with Crippen molar-refractivity contribution in [1.82, 2.24) is 0 Å². The first-order valence-electron chi connectivity index (χ1n) is 3.25. The molecule has 0 N–H and O–H groups in total. The standard InChI is InChI=1S/C9H9P/c1-8-2-4-9(5-3-8)6-7-10/h2-5H,6H2,1H3. The summed E-state index contributed by atoms with van der Waals surface area (Å²) in [6, 6.07) is 8.39. The SMILES string of the molecule is Cc1ccc(CC#P)cc1. The maximum absolute atomic E-state index is 3.91. The van der Waals surface area contributed by atoms with Gasteiger partial charge in [-0.05, 0) is 0 Å². The summed E-state index contributed by atoms with van der Waals surface area (Å²) in [5.74, 6) is 0. The van der Waals surface area contributed by atoms with Crippen molar-refractivity contribution in [2.24, 2.45) is 0 Å². The van der Waals surface area contributed by atoms with E-state index in [0.29, 0.717) is 0 Å². The van der Waals surface area contributed by atoms with E-state index < -0.39 is 0 Å².